The first kappa shape index (κ1) is 15.3. The normalized spacial score (nSPS) is 16.6. The Balaban J connectivity index is 5.93. The number of nitrogens with zero attached hydrogens (tertiary/aromatic N) is 1. The van der Waals surface area contributed by atoms with Crippen LogP contribution in [-0.4, -0.2) is 51.5 Å². The number of aliphatic hydroxyl groups is 1. The fourth-order valence-corrected chi connectivity index (χ4v) is 2.86. The lowest BCUT2D eigenvalue weighted by atomic mass is 10.1. The van der Waals surface area contributed by atoms with Gasteiger partial charge in [0.25, 0.3) is 0 Å². The third-order valence-corrected chi connectivity index (χ3v) is 4.46. The molecule has 0 aliphatic heterocycles. The number of carboxylic acids is 1. The van der Waals surface area contributed by atoms with Crippen molar-refractivity contribution in [3.63, 3.8) is 0 Å². The van der Waals surface area contributed by atoms with Gasteiger partial charge in [-0.1, -0.05) is 6.08 Å². The molecule has 0 saturated heterocycles. The van der Waals surface area contributed by atoms with Gasteiger partial charge < -0.3 is 24.8 Å². The van der Waals surface area contributed by atoms with E-state index >= 15 is 0 Å². The number of likely N-dealkylation sites (N-methyl/N-ethyl adjacent to an activating group) is 1. The quantitative estimate of drug-likeness (QED) is 0.223. The Morgan fingerprint density at radius 1 is 1.56 bits per heavy atom. The first-order chi connectivity index (χ1) is 7.06. The smallest absolute Gasteiger partial charge is 0.392 e. The Hall–Kier alpha value is -0.720. The zero-order valence-corrected chi connectivity index (χ0v) is 10.1. The molecule has 0 heterocycles. The summed E-state index contributed by atoms with van der Waals surface area (Å²) in [6, 6.07) is 0. The van der Waals surface area contributed by atoms with E-state index < -0.39 is 36.5 Å². The zero-order valence-electron chi connectivity index (χ0n) is 9.16. The highest BCUT2D eigenvalue weighted by molar-refractivity contribution is 7.54. The molecule has 0 aliphatic rings. The largest absolute Gasteiger partial charge is 0.543 e. The molecule has 16 heavy (non-hydrogen) atoms. The van der Waals surface area contributed by atoms with Crippen molar-refractivity contribution in [1.29, 1.82) is 0 Å². The molecule has 0 radical (unpaired) electrons. The molecule has 94 valence electrons. The summed E-state index contributed by atoms with van der Waals surface area (Å²) < 4.78 is 10.6. The fourth-order valence-electron chi connectivity index (χ4n) is 1.49. The summed E-state index contributed by atoms with van der Waals surface area (Å²) >= 11 is 0. The predicted octanol–water partition coefficient (Wildman–Crippen LogP) is -1.79. The maximum absolute atomic E-state index is 11.4. The van der Waals surface area contributed by atoms with Gasteiger partial charge in [-0.15, -0.1) is 6.58 Å². The Kier molecular flexibility index (Phi) is 4.44. The Morgan fingerprint density at radius 3 is 2.19 bits per heavy atom. The van der Waals surface area contributed by atoms with Gasteiger partial charge in [-0.3, -0.25) is 9.05 Å². The van der Waals surface area contributed by atoms with Gasteiger partial charge in [-0.25, -0.2) is 0 Å². The van der Waals surface area contributed by atoms with E-state index in [1.54, 1.807) is 0 Å². The van der Waals surface area contributed by atoms with Crippen molar-refractivity contribution in [3.8, 4) is 0 Å². The number of carbonyl (C=O) groups excluding carboxylic acids is 1. The third-order valence-electron chi connectivity index (χ3n) is 2.59. The van der Waals surface area contributed by atoms with Crippen LogP contribution in [0.4, 0.5) is 0 Å². The average molecular weight is 253 g/mol. The van der Waals surface area contributed by atoms with Crippen LogP contribution in [0, 0.1) is 0 Å². The molecule has 0 fully saturated rings. The first-order valence-corrected chi connectivity index (χ1v) is 6.00. The Morgan fingerprint density at radius 2 is 2.00 bits per heavy atom. The highest BCUT2D eigenvalue weighted by atomic mass is 31.2. The second-order valence-corrected chi connectivity index (χ2v) is 5.80. The molecule has 7 nitrogen and oxygen atoms in total. The van der Waals surface area contributed by atoms with E-state index in [0.717, 1.165) is 6.08 Å². The number of aliphatic carboxylic acids is 1. The monoisotopic (exact) mass is 253 g/mol. The highest BCUT2D eigenvalue weighted by Gasteiger charge is 2.60. The van der Waals surface area contributed by atoms with Crippen molar-refractivity contribution in [1.82, 2.24) is 0 Å². The predicted molar refractivity (Wildman–Crippen MR) is 53.8 cm³/mol. The molecule has 0 aliphatic carbocycles. The van der Waals surface area contributed by atoms with Crippen LogP contribution in [0.1, 0.15) is 6.42 Å². The third kappa shape index (κ3) is 2.18. The van der Waals surface area contributed by atoms with Crippen LogP contribution in [0.2, 0.25) is 0 Å². The minimum atomic E-state index is -5.04. The summed E-state index contributed by atoms with van der Waals surface area (Å²) in [5.74, 6) is -1.92. The van der Waals surface area contributed by atoms with Crippen molar-refractivity contribution < 1.29 is 33.8 Å². The second-order valence-electron chi connectivity index (χ2n) is 3.97. The van der Waals surface area contributed by atoms with Gasteiger partial charge in [0.15, 0.2) is 6.73 Å². The van der Waals surface area contributed by atoms with Crippen LogP contribution in [0.25, 0.3) is 0 Å². The standard InChI is InChI=1S/C8H16NO6P/c1-4-5-8(7(11)12,16(13,14)15)9(2,3)6-10/h4,10H,1,5-6H2,2-3H3,(H2-,11,12,13,14,15). The average Bonchev–Trinajstić information content (AvgIpc) is 2.10. The summed E-state index contributed by atoms with van der Waals surface area (Å²) in [4.78, 5) is 29.5. The summed E-state index contributed by atoms with van der Waals surface area (Å²) in [5, 5.41) is 17.6. The second kappa shape index (κ2) is 4.65. The number of aliphatic hydroxyl groups excluding tert-OH is 1. The van der Waals surface area contributed by atoms with Crippen molar-refractivity contribution in [2.75, 3.05) is 20.8 Å². The molecule has 3 N–H and O–H groups in total. The SMILES string of the molecule is C=CCC(C(=O)[O-])([N+](C)(C)CO)P(=O)(O)O. The van der Waals surface area contributed by atoms with Gasteiger partial charge in [0, 0.05) is 6.42 Å². The number of hydrogen-bond acceptors (Lipinski definition) is 4. The molecule has 1 atom stereocenters. The van der Waals surface area contributed by atoms with Crippen LogP contribution < -0.4 is 5.11 Å². The van der Waals surface area contributed by atoms with Gasteiger partial charge in [0.2, 0.25) is 5.28 Å². The molecule has 8 heteroatoms. The summed E-state index contributed by atoms with van der Waals surface area (Å²) in [5.41, 5.74) is 0. The molecule has 0 saturated carbocycles. The summed E-state index contributed by atoms with van der Waals surface area (Å²) in [7, 11) is -2.65. The Bertz CT molecular complexity index is 335. The number of carbonyl (C=O) groups is 1. The van der Waals surface area contributed by atoms with E-state index in [4.69, 9.17) is 5.11 Å². The van der Waals surface area contributed by atoms with E-state index in [9.17, 15) is 24.3 Å². The number of quaternary nitrogens is 1. The van der Waals surface area contributed by atoms with Crippen molar-refractivity contribution in [2.45, 2.75) is 11.7 Å². The molecule has 0 aromatic carbocycles. The molecular weight excluding hydrogens is 237 g/mol. The lowest BCUT2D eigenvalue weighted by Crippen LogP contribution is -2.67. The maximum atomic E-state index is 11.4. The van der Waals surface area contributed by atoms with Gasteiger partial charge >= 0.3 is 7.60 Å². The highest BCUT2D eigenvalue weighted by Crippen LogP contribution is 2.56. The van der Waals surface area contributed by atoms with Crippen LogP contribution in [-0.2, 0) is 9.36 Å². The van der Waals surface area contributed by atoms with Gasteiger partial charge in [-0.2, -0.15) is 0 Å². The number of rotatable bonds is 6. The van der Waals surface area contributed by atoms with E-state index in [2.05, 4.69) is 6.58 Å². The summed E-state index contributed by atoms with van der Waals surface area (Å²) in [6.07, 6.45) is 0.567. The van der Waals surface area contributed by atoms with Crippen molar-refractivity contribution >= 4 is 13.6 Å². The Labute approximate surface area is 93.4 Å². The summed E-state index contributed by atoms with van der Waals surface area (Å²) in [6.45, 7) is 2.51. The van der Waals surface area contributed by atoms with Crippen LogP contribution in [0.15, 0.2) is 12.7 Å². The molecule has 0 aromatic rings. The van der Waals surface area contributed by atoms with Gasteiger partial charge in [0.1, 0.15) is 5.97 Å². The zero-order chi connectivity index (χ0) is 13.2. The van der Waals surface area contributed by atoms with Gasteiger partial charge in [-0.05, 0) is 0 Å². The molecule has 0 aromatic heterocycles. The van der Waals surface area contributed by atoms with Crippen LogP contribution in [0.5, 0.6) is 0 Å². The molecule has 0 rings (SSSR count). The fraction of sp³-hybridized carbons (Fsp3) is 0.625. The molecule has 1 unspecified atom stereocenters. The first-order valence-electron chi connectivity index (χ1n) is 4.38. The van der Waals surface area contributed by atoms with E-state index in [-0.39, 0.29) is 0 Å². The minimum absolute atomic E-state index is 0.507. The number of carboxylic acid groups (broad SMARTS) is 1. The van der Waals surface area contributed by atoms with E-state index in [0.29, 0.717) is 0 Å². The lowest BCUT2D eigenvalue weighted by molar-refractivity contribution is -0.937. The van der Waals surface area contributed by atoms with E-state index in [1.165, 1.54) is 14.1 Å². The van der Waals surface area contributed by atoms with Crippen molar-refractivity contribution in [3.05, 3.63) is 12.7 Å². The molecule has 0 spiro atoms. The van der Waals surface area contributed by atoms with E-state index in [1.807, 2.05) is 0 Å². The molecular formula is C8H16NO6P. The van der Waals surface area contributed by atoms with Crippen LogP contribution in [0.3, 0.4) is 0 Å². The number of hydrogen-bond donors (Lipinski definition) is 3. The topological polar surface area (TPSA) is 118 Å². The maximum Gasteiger partial charge on any atom is 0.392 e. The van der Waals surface area contributed by atoms with Crippen molar-refractivity contribution in [2.24, 2.45) is 0 Å². The van der Waals surface area contributed by atoms with Gasteiger partial charge in [0.05, 0.1) is 14.1 Å². The molecule has 0 amide bonds. The molecule has 0 bridgehead atoms. The van der Waals surface area contributed by atoms with Crippen LogP contribution >= 0.6 is 7.60 Å². The minimum Gasteiger partial charge on any atom is -0.543 e. The lowest BCUT2D eigenvalue weighted by Gasteiger charge is -2.46.